The van der Waals surface area contributed by atoms with E-state index in [1.165, 1.54) is 5.56 Å². The first-order valence-corrected chi connectivity index (χ1v) is 9.34. The molecule has 24 heavy (non-hydrogen) atoms. The van der Waals surface area contributed by atoms with E-state index in [1.54, 1.807) is 11.3 Å². The van der Waals surface area contributed by atoms with E-state index in [1.807, 2.05) is 6.92 Å². The van der Waals surface area contributed by atoms with Crippen LogP contribution in [0.25, 0.3) is 0 Å². The summed E-state index contributed by atoms with van der Waals surface area (Å²) >= 11 is 1.65. The summed E-state index contributed by atoms with van der Waals surface area (Å²) in [4.78, 5) is 9.39. The van der Waals surface area contributed by atoms with E-state index < -0.39 is 0 Å². The van der Waals surface area contributed by atoms with Crippen molar-refractivity contribution in [3.63, 3.8) is 0 Å². The molecule has 2 N–H and O–H groups in total. The quantitative estimate of drug-likeness (QED) is 0.788. The second kappa shape index (κ2) is 8.46. The van der Waals surface area contributed by atoms with Gasteiger partial charge in [-0.15, -0.1) is 10.2 Å². The van der Waals surface area contributed by atoms with E-state index >= 15 is 0 Å². The lowest BCUT2D eigenvalue weighted by atomic mass is 10.1. The van der Waals surface area contributed by atoms with Crippen LogP contribution in [0.2, 0.25) is 0 Å². The lowest BCUT2D eigenvalue weighted by Gasteiger charge is -2.14. The van der Waals surface area contributed by atoms with Gasteiger partial charge in [0.2, 0.25) is 0 Å². The van der Waals surface area contributed by atoms with E-state index in [4.69, 9.17) is 9.72 Å². The topological polar surface area (TPSA) is 84.8 Å². The van der Waals surface area contributed by atoms with Gasteiger partial charge in [-0.25, -0.2) is 9.97 Å². The largest absolute Gasteiger partial charge is 0.374 e. The molecule has 0 amide bonds. The molecule has 7 nitrogen and oxygen atoms in total. The number of hydrogen-bond acceptors (Lipinski definition) is 8. The number of rotatable bonds is 7. The molecule has 3 rings (SSSR count). The van der Waals surface area contributed by atoms with E-state index in [-0.39, 0.29) is 0 Å². The van der Waals surface area contributed by atoms with Crippen molar-refractivity contribution in [1.29, 1.82) is 0 Å². The smallest absolute Gasteiger partial charge is 0.156 e. The Bertz CT molecular complexity index is 675. The molecule has 2 aromatic rings. The Kier molecular flexibility index (Phi) is 6.06. The highest BCUT2D eigenvalue weighted by Gasteiger charge is 2.17. The SMILES string of the molecule is CCOCc1nc2c(c(NCc3nnc(CC)s3)n1)CCNCC2. The van der Waals surface area contributed by atoms with Crippen LogP contribution in [0, 0.1) is 0 Å². The van der Waals surface area contributed by atoms with Crippen LogP contribution >= 0.6 is 11.3 Å². The first-order chi connectivity index (χ1) is 11.8. The molecule has 1 aliphatic heterocycles. The van der Waals surface area contributed by atoms with E-state index in [9.17, 15) is 0 Å². The summed E-state index contributed by atoms with van der Waals surface area (Å²) in [5, 5.41) is 17.3. The summed E-state index contributed by atoms with van der Waals surface area (Å²) in [5.41, 5.74) is 2.33. The zero-order valence-corrected chi connectivity index (χ0v) is 15.1. The third-order valence-corrected chi connectivity index (χ3v) is 4.95. The molecule has 130 valence electrons. The lowest BCUT2D eigenvalue weighted by molar-refractivity contribution is 0.128. The van der Waals surface area contributed by atoms with E-state index in [0.29, 0.717) is 19.8 Å². The maximum Gasteiger partial charge on any atom is 0.156 e. The monoisotopic (exact) mass is 348 g/mol. The fraction of sp³-hybridized carbons (Fsp3) is 0.625. The summed E-state index contributed by atoms with van der Waals surface area (Å²) in [5.74, 6) is 1.65. The molecular weight excluding hydrogens is 324 g/mol. The fourth-order valence-corrected chi connectivity index (χ4v) is 3.39. The summed E-state index contributed by atoms with van der Waals surface area (Å²) in [6.45, 7) is 7.73. The summed E-state index contributed by atoms with van der Waals surface area (Å²) in [7, 11) is 0. The molecule has 0 aliphatic carbocycles. The van der Waals surface area contributed by atoms with Crippen LogP contribution in [0.4, 0.5) is 5.82 Å². The predicted octanol–water partition coefficient (Wildman–Crippen LogP) is 1.73. The molecule has 0 saturated carbocycles. The highest BCUT2D eigenvalue weighted by molar-refractivity contribution is 7.11. The van der Waals surface area contributed by atoms with Gasteiger partial charge in [0.15, 0.2) is 5.82 Å². The molecule has 0 unspecified atom stereocenters. The highest BCUT2D eigenvalue weighted by Crippen LogP contribution is 2.21. The van der Waals surface area contributed by atoms with Gasteiger partial charge in [-0.3, -0.25) is 0 Å². The number of ether oxygens (including phenoxy) is 1. The second-order valence-electron chi connectivity index (χ2n) is 5.60. The second-order valence-corrected chi connectivity index (χ2v) is 6.74. The van der Waals surface area contributed by atoms with Gasteiger partial charge in [-0.1, -0.05) is 18.3 Å². The van der Waals surface area contributed by atoms with Crippen molar-refractivity contribution in [1.82, 2.24) is 25.5 Å². The number of aryl methyl sites for hydroxylation is 1. The van der Waals surface area contributed by atoms with Gasteiger partial charge >= 0.3 is 0 Å². The Balaban J connectivity index is 1.80. The average molecular weight is 348 g/mol. The lowest BCUT2D eigenvalue weighted by Crippen LogP contribution is -2.16. The maximum absolute atomic E-state index is 5.49. The van der Waals surface area contributed by atoms with E-state index in [0.717, 1.165) is 59.7 Å². The number of anilines is 1. The number of aromatic nitrogens is 4. The molecule has 0 spiro atoms. The standard InChI is InChI=1S/C16H24N6OS/c1-3-14-21-22-15(24-14)9-18-16-11-5-7-17-8-6-12(11)19-13(20-16)10-23-4-2/h17H,3-10H2,1-2H3,(H,18,19,20). The van der Waals surface area contributed by atoms with Crippen molar-refractivity contribution in [2.45, 2.75) is 46.3 Å². The number of nitrogens with one attached hydrogen (secondary N) is 2. The first-order valence-electron chi connectivity index (χ1n) is 8.52. The minimum Gasteiger partial charge on any atom is -0.374 e. The maximum atomic E-state index is 5.49. The normalized spacial score (nSPS) is 14.2. The Morgan fingerprint density at radius 2 is 1.96 bits per heavy atom. The molecule has 1 aliphatic rings. The summed E-state index contributed by atoms with van der Waals surface area (Å²) in [6.07, 6.45) is 2.78. The first kappa shape index (κ1) is 17.2. The van der Waals surface area contributed by atoms with Gasteiger partial charge in [-0.05, 0) is 26.3 Å². The highest BCUT2D eigenvalue weighted by atomic mass is 32.1. The van der Waals surface area contributed by atoms with Gasteiger partial charge in [0, 0.05) is 25.1 Å². The van der Waals surface area contributed by atoms with Crippen LogP contribution in [0.5, 0.6) is 0 Å². The van der Waals surface area contributed by atoms with E-state index in [2.05, 4.69) is 32.7 Å². The third-order valence-electron chi connectivity index (χ3n) is 3.88. The molecule has 8 heteroatoms. The molecule has 0 aromatic carbocycles. The van der Waals surface area contributed by atoms with Gasteiger partial charge in [0.1, 0.15) is 22.4 Å². The molecule has 0 fully saturated rings. The Morgan fingerprint density at radius 1 is 1.12 bits per heavy atom. The predicted molar refractivity (Wildman–Crippen MR) is 94.3 cm³/mol. The van der Waals surface area contributed by atoms with Gasteiger partial charge in [0.05, 0.1) is 12.2 Å². The Morgan fingerprint density at radius 3 is 2.75 bits per heavy atom. The molecule has 0 atom stereocenters. The van der Waals surface area contributed by atoms with Crippen LogP contribution in [-0.4, -0.2) is 39.9 Å². The van der Waals surface area contributed by atoms with Crippen LogP contribution in [0.15, 0.2) is 0 Å². The van der Waals surface area contributed by atoms with Crippen LogP contribution in [0.3, 0.4) is 0 Å². The van der Waals surface area contributed by atoms with Crippen LogP contribution in [-0.2, 0) is 37.2 Å². The molecule has 0 bridgehead atoms. The van der Waals surface area contributed by atoms with Crippen molar-refractivity contribution >= 4 is 17.2 Å². The Hall–Kier alpha value is -1.64. The Labute approximate surface area is 146 Å². The molecule has 3 heterocycles. The fourth-order valence-electron chi connectivity index (χ4n) is 2.66. The van der Waals surface area contributed by atoms with Crippen molar-refractivity contribution in [3.8, 4) is 0 Å². The van der Waals surface area contributed by atoms with Gasteiger partial charge < -0.3 is 15.4 Å². The van der Waals surface area contributed by atoms with Crippen LogP contribution in [0.1, 0.15) is 40.9 Å². The summed E-state index contributed by atoms with van der Waals surface area (Å²) < 4.78 is 5.49. The molecule has 0 saturated heterocycles. The number of nitrogens with zero attached hydrogens (tertiary/aromatic N) is 4. The van der Waals surface area contributed by atoms with Crippen molar-refractivity contribution in [3.05, 3.63) is 27.1 Å². The van der Waals surface area contributed by atoms with Crippen molar-refractivity contribution in [2.75, 3.05) is 25.0 Å². The number of hydrogen-bond donors (Lipinski definition) is 2. The van der Waals surface area contributed by atoms with Gasteiger partial charge in [-0.2, -0.15) is 0 Å². The van der Waals surface area contributed by atoms with Crippen molar-refractivity contribution < 1.29 is 4.74 Å². The zero-order valence-electron chi connectivity index (χ0n) is 14.3. The average Bonchev–Trinajstić information content (AvgIpc) is 2.94. The molecule has 0 radical (unpaired) electrons. The minimum absolute atomic E-state index is 0.449. The zero-order chi connectivity index (χ0) is 16.8. The molecule has 2 aromatic heterocycles. The summed E-state index contributed by atoms with van der Waals surface area (Å²) in [6, 6.07) is 0. The minimum atomic E-state index is 0.449. The number of fused-ring (bicyclic) bond motifs is 1. The van der Waals surface area contributed by atoms with Crippen molar-refractivity contribution in [2.24, 2.45) is 0 Å². The van der Waals surface area contributed by atoms with Crippen LogP contribution < -0.4 is 10.6 Å². The third kappa shape index (κ3) is 4.25. The van der Waals surface area contributed by atoms with Gasteiger partial charge in [0.25, 0.3) is 0 Å². The molecular formula is C16H24N6OS.